The normalized spacial score (nSPS) is 19.7. The summed E-state index contributed by atoms with van der Waals surface area (Å²) in [5.74, 6) is -1.52. The van der Waals surface area contributed by atoms with Crippen molar-refractivity contribution in [3.05, 3.63) is 93.1 Å². The Morgan fingerprint density at radius 3 is 1.48 bits per heavy atom. The molecule has 0 N–H and O–H groups in total. The average Bonchev–Trinajstić information content (AvgIpc) is 3.54. The first-order valence-electron chi connectivity index (χ1n) is 15.8. The van der Waals surface area contributed by atoms with E-state index in [1.165, 1.54) is 70.2 Å². The second-order valence-corrected chi connectivity index (χ2v) is 54.7. The Kier molecular flexibility index (Phi) is 10.9. The van der Waals surface area contributed by atoms with Crippen LogP contribution in [0.3, 0.4) is 0 Å². The second-order valence-electron chi connectivity index (χ2n) is 12.2. The fourth-order valence-corrected chi connectivity index (χ4v) is 38.9. The molecule has 0 aromatic heterocycles. The minimum atomic E-state index is -4.62. The minimum absolute atomic E-state index is 0.176. The van der Waals surface area contributed by atoms with Crippen molar-refractivity contribution in [2.75, 3.05) is 0 Å². The molecule has 0 radical (unpaired) electrons. The fraction of sp³-hybridized carbons (Fsp3) is 0.444. The Hall–Kier alpha value is -0.920. The third-order valence-corrected chi connectivity index (χ3v) is 61.3. The van der Waals surface area contributed by atoms with Crippen LogP contribution >= 0.6 is 17.0 Å². The number of allylic oxidation sites excluding steroid dienone is 4. The third-order valence-electron chi connectivity index (χ3n) is 9.44. The molecule has 0 saturated carbocycles. The summed E-state index contributed by atoms with van der Waals surface area (Å²) in [6.07, 6.45) is 23.4. The summed E-state index contributed by atoms with van der Waals surface area (Å²) in [5.41, 5.74) is 11.1. The van der Waals surface area contributed by atoms with Crippen molar-refractivity contribution in [2.45, 2.75) is 99.4 Å². The zero-order valence-corrected chi connectivity index (χ0v) is 30.7. The predicted octanol–water partition coefficient (Wildman–Crippen LogP) is 12.5. The first-order valence-corrected chi connectivity index (χ1v) is 32.1. The van der Waals surface area contributed by atoms with E-state index >= 15 is 0 Å². The van der Waals surface area contributed by atoms with Crippen LogP contribution in [-0.2, 0) is 15.6 Å². The molecule has 4 heteroatoms. The summed E-state index contributed by atoms with van der Waals surface area (Å²) < 4.78 is 0.352. The van der Waals surface area contributed by atoms with Gasteiger partial charge in [0, 0.05) is 0 Å². The van der Waals surface area contributed by atoms with Crippen molar-refractivity contribution in [1.82, 2.24) is 0 Å². The van der Waals surface area contributed by atoms with Crippen molar-refractivity contribution in [2.24, 2.45) is 0 Å². The van der Waals surface area contributed by atoms with E-state index in [2.05, 4.69) is 114 Å². The van der Waals surface area contributed by atoms with Gasteiger partial charge in [0.05, 0.1) is 0 Å². The molecule has 0 nitrogen and oxygen atoms in total. The van der Waals surface area contributed by atoms with Gasteiger partial charge in [-0.05, 0) is 0 Å². The number of halogens is 2. The van der Waals surface area contributed by atoms with Gasteiger partial charge in [-0.2, -0.15) is 0 Å². The standard InChI is InChI=1S/2C17H21.C2H7Si.2ClH.Zr/c2*1-3-5-6-7-9-15-10-8-11-16-12-14(4-2)13-17(15)16;1-3-2;;;/h2*7-13H,3-6H2,1-2H3;3H,1-2H3;2*1H;/q;;;;;+2/p-2. The molecule has 0 spiro atoms. The van der Waals surface area contributed by atoms with E-state index < -0.39 is 21.5 Å². The summed E-state index contributed by atoms with van der Waals surface area (Å²) in [4.78, 5) is 0. The van der Waals surface area contributed by atoms with Gasteiger partial charge in [-0.25, -0.2) is 0 Å². The monoisotopic (exact) mass is 669 g/mol. The molecule has 2 aromatic carbocycles. The van der Waals surface area contributed by atoms with Crippen molar-refractivity contribution in [1.29, 1.82) is 0 Å². The molecule has 0 aliphatic heterocycles. The van der Waals surface area contributed by atoms with E-state index in [-0.39, 0.29) is 7.25 Å². The van der Waals surface area contributed by atoms with Crippen LogP contribution in [0.5, 0.6) is 0 Å². The van der Waals surface area contributed by atoms with E-state index in [0.29, 0.717) is 0 Å². The van der Waals surface area contributed by atoms with E-state index in [1.54, 1.807) is 0 Å². The summed E-state index contributed by atoms with van der Waals surface area (Å²) in [6.45, 7) is 14.0. The third kappa shape index (κ3) is 5.82. The van der Waals surface area contributed by atoms with Gasteiger partial charge in [0.2, 0.25) is 0 Å². The Labute approximate surface area is 253 Å². The molecule has 0 amide bonds. The molecule has 2 aromatic rings. The van der Waals surface area contributed by atoms with Crippen LogP contribution in [0, 0.1) is 0 Å². The van der Waals surface area contributed by atoms with Gasteiger partial charge in [0.15, 0.2) is 0 Å². The first kappa shape index (κ1) is 32.0. The molecule has 0 fully saturated rings. The number of hydrogen-bond acceptors (Lipinski definition) is 0. The molecule has 0 saturated heterocycles. The number of fused-ring (bicyclic) bond motifs is 2. The fourth-order valence-electron chi connectivity index (χ4n) is 7.08. The molecule has 2 aliphatic carbocycles. The number of hydrogen-bond donors (Lipinski definition) is 0. The van der Waals surface area contributed by atoms with Crippen molar-refractivity contribution in [3.8, 4) is 0 Å². The van der Waals surface area contributed by atoms with E-state index in [1.807, 2.05) is 0 Å². The topological polar surface area (TPSA) is 0 Å². The molecule has 4 rings (SSSR count). The predicted molar refractivity (Wildman–Crippen MR) is 183 cm³/mol. The van der Waals surface area contributed by atoms with Gasteiger partial charge in [-0.3, -0.25) is 0 Å². The molecular formula is C36H49Cl2SiZr. The zero-order valence-electron chi connectivity index (χ0n) is 25.6. The van der Waals surface area contributed by atoms with E-state index in [0.717, 1.165) is 25.7 Å². The Morgan fingerprint density at radius 1 is 0.700 bits per heavy atom. The van der Waals surface area contributed by atoms with Crippen molar-refractivity contribution < 1.29 is 15.6 Å². The van der Waals surface area contributed by atoms with E-state index in [9.17, 15) is 0 Å². The van der Waals surface area contributed by atoms with E-state index in [4.69, 9.17) is 17.0 Å². The summed E-state index contributed by atoms with van der Waals surface area (Å²) in [6, 6.07) is 13.7. The van der Waals surface area contributed by atoms with Gasteiger partial charge in [0.25, 0.3) is 0 Å². The Balaban J connectivity index is 1.88. The van der Waals surface area contributed by atoms with Crippen LogP contribution in [0.1, 0.15) is 120 Å². The molecular weight excluding hydrogens is 623 g/mol. The van der Waals surface area contributed by atoms with Crippen LogP contribution in [-0.4, -0.2) is 5.92 Å². The van der Waals surface area contributed by atoms with Crippen LogP contribution in [0.4, 0.5) is 0 Å². The van der Waals surface area contributed by atoms with Crippen LogP contribution in [0.2, 0.25) is 13.1 Å². The summed E-state index contributed by atoms with van der Waals surface area (Å²) in [5, 5.41) is 0. The maximum absolute atomic E-state index is 8.46. The zero-order chi connectivity index (χ0) is 28.9. The number of benzene rings is 2. The SMILES string of the molecule is CCCCC=Cc1cccc2c1C=C(CC)[CH]2[Zr]([Cl])([Cl])([CH]1C(CC)=Cc2c(C=CCCCC)cccc21)[SiH](C)C. The van der Waals surface area contributed by atoms with Crippen molar-refractivity contribution in [3.63, 3.8) is 0 Å². The van der Waals surface area contributed by atoms with Crippen LogP contribution < -0.4 is 0 Å². The molecule has 2 atom stereocenters. The Morgan fingerprint density at radius 2 is 1.12 bits per heavy atom. The second kappa shape index (κ2) is 13.6. The van der Waals surface area contributed by atoms with Crippen LogP contribution in [0.15, 0.2) is 59.7 Å². The Bertz CT molecular complexity index is 1230. The molecule has 40 heavy (non-hydrogen) atoms. The van der Waals surface area contributed by atoms with Gasteiger partial charge in [-0.1, -0.05) is 0 Å². The number of rotatable bonds is 13. The summed E-state index contributed by atoms with van der Waals surface area (Å²) >= 11 is -4.62. The first-order chi connectivity index (χ1) is 19.2. The molecule has 215 valence electrons. The van der Waals surface area contributed by atoms with Gasteiger partial charge in [0.1, 0.15) is 0 Å². The quantitative estimate of drug-likeness (QED) is 0.147. The van der Waals surface area contributed by atoms with Crippen LogP contribution in [0.25, 0.3) is 24.3 Å². The average molecular weight is 672 g/mol. The number of unbranched alkanes of at least 4 members (excludes halogenated alkanes) is 4. The van der Waals surface area contributed by atoms with Gasteiger partial charge >= 0.3 is 255 Å². The molecule has 2 aliphatic rings. The molecule has 0 heterocycles. The van der Waals surface area contributed by atoms with Gasteiger partial charge < -0.3 is 0 Å². The van der Waals surface area contributed by atoms with Gasteiger partial charge in [-0.15, -0.1) is 0 Å². The molecule has 0 bridgehead atoms. The summed E-state index contributed by atoms with van der Waals surface area (Å²) in [7, 11) is 16.9. The molecule has 2 unspecified atom stereocenters. The maximum atomic E-state index is 8.46. The van der Waals surface area contributed by atoms with Crippen molar-refractivity contribution >= 4 is 47.3 Å².